The van der Waals surface area contributed by atoms with Gasteiger partial charge in [0.2, 0.25) is 0 Å². The summed E-state index contributed by atoms with van der Waals surface area (Å²) in [6, 6.07) is 0. The molecule has 0 bridgehead atoms. The van der Waals surface area contributed by atoms with Gasteiger partial charge in [0.25, 0.3) is 0 Å². The van der Waals surface area contributed by atoms with Gasteiger partial charge >= 0.3 is 17.9 Å². The Hall–Kier alpha value is -2.41. The van der Waals surface area contributed by atoms with Crippen molar-refractivity contribution in [1.29, 1.82) is 0 Å². The first-order valence-corrected chi connectivity index (χ1v) is 23.6. The van der Waals surface area contributed by atoms with Gasteiger partial charge in [-0.3, -0.25) is 9.59 Å². The van der Waals surface area contributed by atoms with Crippen molar-refractivity contribution < 1.29 is 97.5 Å². The molecule has 0 amide bonds. The van der Waals surface area contributed by atoms with Crippen molar-refractivity contribution in [3.63, 3.8) is 0 Å². The second kappa shape index (κ2) is 19.4. The highest BCUT2D eigenvalue weighted by Crippen LogP contribution is 2.70. The highest BCUT2D eigenvalue weighted by atomic mass is 16.8. The third kappa shape index (κ3) is 8.99. The molecule has 20 heteroatoms. The Morgan fingerprint density at radius 2 is 1.33 bits per heavy atom. The van der Waals surface area contributed by atoms with E-state index in [2.05, 4.69) is 13.8 Å². The van der Waals surface area contributed by atoms with Crippen LogP contribution in [0.1, 0.15) is 92.4 Å². The van der Waals surface area contributed by atoms with Gasteiger partial charge < -0.3 is 83.1 Å². The van der Waals surface area contributed by atoms with Crippen LogP contribution in [-0.4, -0.2) is 184 Å². The van der Waals surface area contributed by atoms with Crippen molar-refractivity contribution in [2.75, 3.05) is 26.9 Å². The maximum atomic E-state index is 12.6. The number of rotatable bonds is 12. The molecule has 20 nitrogen and oxygen atoms in total. The predicted molar refractivity (Wildman–Crippen MR) is 222 cm³/mol. The lowest BCUT2D eigenvalue weighted by Crippen LogP contribution is -2.63. The standard InChI is InChI=1S/C46H70O20/c1-20-38(62-21(2)47)39(57-6)40(63-22(3)48)43(61-20)60-19-29-32(50)34(52)36(54)41(65-29)59-18-30-33(51)35(53)37(55)42(66-30)64-25-9-12-44(4)24(16-25)7-8-28-27(44)10-13-45(5)26(11-14-46(28,45)56)23-15-31(49)58-17-23/h15,20,24-30,32-43,50-56H,7-14,16-19H2,1-6H3. The van der Waals surface area contributed by atoms with Crippen molar-refractivity contribution in [1.82, 2.24) is 0 Å². The monoisotopic (exact) mass is 942 g/mol. The first-order chi connectivity index (χ1) is 31.2. The highest BCUT2D eigenvalue weighted by molar-refractivity contribution is 5.85. The Morgan fingerprint density at radius 1 is 0.712 bits per heavy atom. The first kappa shape index (κ1) is 50.0. The summed E-state index contributed by atoms with van der Waals surface area (Å²) in [5, 5.41) is 78.2. The number of cyclic esters (lactones) is 1. The molecule has 8 rings (SSSR count). The summed E-state index contributed by atoms with van der Waals surface area (Å²) in [6.45, 7) is 7.81. The van der Waals surface area contributed by atoms with Gasteiger partial charge in [0, 0.05) is 32.4 Å². The fraction of sp³-hybridized carbons (Fsp3) is 0.891. The number of aliphatic hydroxyl groups is 7. The third-order valence-electron chi connectivity index (χ3n) is 17.1. The molecule has 374 valence electrons. The fourth-order valence-corrected chi connectivity index (χ4v) is 13.5. The number of hydrogen-bond donors (Lipinski definition) is 7. The Morgan fingerprint density at radius 3 is 1.95 bits per heavy atom. The zero-order valence-corrected chi connectivity index (χ0v) is 38.5. The number of aliphatic hydroxyl groups excluding tert-OH is 6. The number of carbonyl (C=O) groups excluding carboxylic acids is 3. The Bertz CT molecular complexity index is 1800. The van der Waals surface area contributed by atoms with Crippen LogP contribution in [0, 0.1) is 34.5 Å². The fourth-order valence-electron chi connectivity index (χ4n) is 13.5. The van der Waals surface area contributed by atoms with E-state index in [9.17, 15) is 50.1 Å². The number of carbonyl (C=O) groups is 3. The number of methoxy groups -OCH3 is 1. The van der Waals surface area contributed by atoms with E-state index < -0.39 is 123 Å². The van der Waals surface area contributed by atoms with Gasteiger partial charge in [0.1, 0.15) is 61.5 Å². The highest BCUT2D eigenvalue weighted by Gasteiger charge is 2.68. The van der Waals surface area contributed by atoms with Crippen LogP contribution < -0.4 is 0 Å². The summed E-state index contributed by atoms with van der Waals surface area (Å²) in [4.78, 5) is 35.9. The second-order valence-corrected chi connectivity index (χ2v) is 20.6. The van der Waals surface area contributed by atoms with Gasteiger partial charge in [-0.2, -0.15) is 0 Å². The quantitative estimate of drug-likeness (QED) is 0.0764. The summed E-state index contributed by atoms with van der Waals surface area (Å²) in [5.41, 5.74) is -0.249. The minimum absolute atomic E-state index is 0.0594. The van der Waals surface area contributed by atoms with Crippen molar-refractivity contribution >= 4 is 17.9 Å². The van der Waals surface area contributed by atoms with Crippen LogP contribution >= 0.6 is 0 Å². The average Bonchev–Trinajstić information content (AvgIpc) is 3.82. The van der Waals surface area contributed by atoms with E-state index in [1.165, 1.54) is 14.0 Å². The van der Waals surface area contributed by atoms with Crippen LogP contribution in [0.15, 0.2) is 11.6 Å². The minimum Gasteiger partial charge on any atom is -0.458 e. The van der Waals surface area contributed by atoms with Gasteiger partial charge in [-0.05, 0) is 99.4 Å². The molecule has 23 unspecified atom stereocenters. The largest absolute Gasteiger partial charge is 0.458 e. The predicted octanol–water partition coefficient (Wildman–Crippen LogP) is -0.0998. The van der Waals surface area contributed by atoms with Crippen molar-refractivity contribution in [2.45, 2.75) is 196 Å². The molecule has 4 aliphatic heterocycles. The van der Waals surface area contributed by atoms with E-state index in [1.807, 2.05) is 0 Å². The molecular weight excluding hydrogens is 872 g/mol. The Kier molecular flexibility index (Phi) is 14.7. The lowest BCUT2D eigenvalue weighted by Gasteiger charge is -2.64. The van der Waals surface area contributed by atoms with E-state index in [1.54, 1.807) is 13.0 Å². The molecule has 4 aliphatic carbocycles. The molecule has 0 aromatic carbocycles. The van der Waals surface area contributed by atoms with E-state index in [0.29, 0.717) is 31.8 Å². The van der Waals surface area contributed by atoms with Crippen LogP contribution in [0.25, 0.3) is 0 Å². The smallest absolute Gasteiger partial charge is 0.331 e. The first-order valence-electron chi connectivity index (χ1n) is 23.6. The molecule has 3 saturated heterocycles. The SMILES string of the molecule is COC1C(OC(C)=O)C(C)OC(OCC2OC(OCC3OC(OC4CCC5(C)C(CCC6C5CCC5(C)C(C7=CC(=O)OC7)CCC65O)C4)C(O)C(O)C3O)C(O)C(O)C2O)C1OC(C)=O. The van der Waals surface area contributed by atoms with E-state index in [-0.39, 0.29) is 40.7 Å². The van der Waals surface area contributed by atoms with Crippen molar-refractivity contribution in [3.8, 4) is 0 Å². The topological polar surface area (TPSA) is 285 Å². The summed E-state index contributed by atoms with van der Waals surface area (Å²) in [6.07, 6.45) is -12.6. The average molecular weight is 943 g/mol. The van der Waals surface area contributed by atoms with E-state index in [0.717, 1.165) is 51.0 Å². The molecule has 23 atom stereocenters. The second-order valence-electron chi connectivity index (χ2n) is 20.6. The van der Waals surface area contributed by atoms with Crippen LogP contribution in [-0.2, 0) is 61.8 Å². The summed E-state index contributed by atoms with van der Waals surface area (Å²) in [5.74, 6) is -0.830. The Balaban J connectivity index is 0.869. The Labute approximate surface area is 384 Å². The third-order valence-corrected chi connectivity index (χ3v) is 17.1. The van der Waals surface area contributed by atoms with Crippen LogP contribution in [0.5, 0.6) is 0 Å². The number of fused-ring (bicyclic) bond motifs is 5. The molecule has 0 aromatic heterocycles. The molecule has 66 heavy (non-hydrogen) atoms. The molecular formula is C46H70O20. The van der Waals surface area contributed by atoms with Crippen LogP contribution in [0.4, 0.5) is 0 Å². The van der Waals surface area contributed by atoms with E-state index in [4.69, 9.17) is 47.4 Å². The summed E-state index contributed by atoms with van der Waals surface area (Å²) >= 11 is 0. The summed E-state index contributed by atoms with van der Waals surface area (Å²) < 4.78 is 57.5. The van der Waals surface area contributed by atoms with Gasteiger partial charge in [-0.1, -0.05) is 13.8 Å². The molecule has 0 radical (unpaired) electrons. The molecule has 0 aromatic rings. The molecule has 8 aliphatic rings. The molecule has 7 fully saturated rings. The van der Waals surface area contributed by atoms with Gasteiger partial charge in [0.05, 0.1) is 31.0 Å². The van der Waals surface area contributed by atoms with Crippen LogP contribution in [0.2, 0.25) is 0 Å². The molecule has 7 N–H and O–H groups in total. The number of ether oxygens (including phenoxy) is 10. The molecule has 0 spiro atoms. The van der Waals surface area contributed by atoms with E-state index >= 15 is 0 Å². The number of esters is 3. The van der Waals surface area contributed by atoms with Crippen molar-refractivity contribution in [2.24, 2.45) is 34.5 Å². The maximum absolute atomic E-state index is 12.6. The van der Waals surface area contributed by atoms with Crippen LogP contribution in [0.3, 0.4) is 0 Å². The number of hydrogen-bond acceptors (Lipinski definition) is 20. The minimum atomic E-state index is -1.80. The molecule has 4 saturated carbocycles. The maximum Gasteiger partial charge on any atom is 0.331 e. The zero-order valence-electron chi connectivity index (χ0n) is 38.5. The van der Waals surface area contributed by atoms with Gasteiger partial charge in [0.15, 0.2) is 31.1 Å². The normalized spacial score (nSPS) is 50.3. The van der Waals surface area contributed by atoms with Gasteiger partial charge in [-0.25, -0.2) is 4.79 Å². The molecule has 4 heterocycles. The summed E-state index contributed by atoms with van der Waals surface area (Å²) in [7, 11) is 1.33. The van der Waals surface area contributed by atoms with Gasteiger partial charge in [-0.15, -0.1) is 0 Å². The lowest BCUT2D eigenvalue weighted by molar-refractivity contribution is -0.345. The van der Waals surface area contributed by atoms with Crippen molar-refractivity contribution in [3.05, 3.63) is 11.6 Å². The lowest BCUT2D eigenvalue weighted by atomic mass is 9.43. The zero-order chi connectivity index (χ0) is 47.6.